The van der Waals surface area contributed by atoms with Crippen LogP contribution >= 0.6 is 0 Å². The molecular formula is C16H19NO3. The van der Waals surface area contributed by atoms with Gasteiger partial charge >= 0.3 is 0 Å². The van der Waals surface area contributed by atoms with E-state index in [1.54, 1.807) is 21.3 Å². The second-order valence-corrected chi connectivity index (χ2v) is 4.40. The molecule has 0 radical (unpaired) electrons. The SMILES string of the molecule is COc1cccc(C(N)c2cc(OC)cc(OC)c2)c1. The fourth-order valence-corrected chi connectivity index (χ4v) is 2.04. The molecule has 0 aliphatic rings. The fraction of sp³-hybridized carbons (Fsp3) is 0.250. The largest absolute Gasteiger partial charge is 0.497 e. The van der Waals surface area contributed by atoms with Gasteiger partial charge in [-0.2, -0.15) is 0 Å². The second kappa shape index (κ2) is 6.30. The van der Waals surface area contributed by atoms with Gasteiger partial charge in [-0.15, -0.1) is 0 Å². The summed E-state index contributed by atoms with van der Waals surface area (Å²) in [6, 6.07) is 13.1. The highest BCUT2D eigenvalue weighted by molar-refractivity contribution is 5.44. The molecule has 2 aromatic rings. The zero-order valence-electron chi connectivity index (χ0n) is 11.9. The van der Waals surface area contributed by atoms with Crippen LogP contribution in [0.4, 0.5) is 0 Å². The van der Waals surface area contributed by atoms with E-state index >= 15 is 0 Å². The number of nitrogens with two attached hydrogens (primary N) is 1. The molecule has 0 fully saturated rings. The number of ether oxygens (including phenoxy) is 3. The first kappa shape index (κ1) is 14.2. The predicted molar refractivity (Wildman–Crippen MR) is 78.6 cm³/mol. The molecule has 0 aromatic heterocycles. The van der Waals surface area contributed by atoms with Crippen LogP contribution in [0.5, 0.6) is 17.2 Å². The molecule has 4 heteroatoms. The minimum absolute atomic E-state index is 0.269. The van der Waals surface area contributed by atoms with E-state index in [1.807, 2.05) is 42.5 Å². The van der Waals surface area contributed by atoms with Gasteiger partial charge in [0.25, 0.3) is 0 Å². The van der Waals surface area contributed by atoms with Crippen molar-refractivity contribution in [3.05, 3.63) is 53.6 Å². The van der Waals surface area contributed by atoms with Gasteiger partial charge in [0.2, 0.25) is 0 Å². The van der Waals surface area contributed by atoms with E-state index in [1.165, 1.54) is 0 Å². The average Bonchev–Trinajstić information content (AvgIpc) is 2.53. The molecule has 2 N–H and O–H groups in total. The third-order valence-corrected chi connectivity index (χ3v) is 3.19. The maximum Gasteiger partial charge on any atom is 0.122 e. The second-order valence-electron chi connectivity index (χ2n) is 4.40. The van der Waals surface area contributed by atoms with Crippen LogP contribution in [-0.2, 0) is 0 Å². The van der Waals surface area contributed by atoms with Crippen molar-refractivity contribution in [2.75, 3.05) is 21.3 Å². The van der Waals surface area contributed by atoms with Crippen LogP contribution in [0, 0.1) is 0 Å². The molecule has 0 saturated heterocycles. The Labute approximate surface area is 119 Å². The van der Waals surface area contributed by atoms with Crippen LogP contribution in [0.15, 0.2) is 42.5 Å². The molecule has 1 unspecified atom stereocenters. The Bertz CT molecular complexity index is 561. The average molecular weight is 273 g/mol. The van der Waals surface area contributed by atoms with Gasteiger partial charge in [-0.25, -0.2) is 0 Å². The first-order chi connectivity index (χ1) is 9.67. The third-order valence-electron chi connectivity index (χ3n) is 3.19. The summed E-state index contributed by atoms with van der Waals surface area (Å²) in [6.07, 6.45) is 0. The van der Waals surface area contributed by atoms with Gasteiger partial charge in [-0.1, -0.05) is 12.1 Å². The minimum Gasteiger partial charge on any atom is -0.497 e. The molecule has 4 nitrogen and oxygen atoms in total. The van der Waals surface area contributed by atoms with Gasteiger partial charge in [0.15, 0.2) is 0 Å². The van der Waals surface area contributed by atoms with Crippen molar-refractivity contribution in [2.45, 2.75) is 6.04 Å². The lowest BCUT2D eigenvalue weighted by molar-refractivity contribution is 0.393. The highest BCUT2D eigenvalue weighted by Crippen LogP contribution is 2.29. The molecule has 2 aromatic carbocycles. The van der Waals surface area contributed by atoms with Crippen molar-refractivity contribution < 1.29 is 14.2 Å². The highest BCUT2D eigenvalue weighted by Gasteiger charge is 2.12. The molecule has 0 heterocycles. The maximum absolute atomic E-state index is 6.32. The van der Waals surface area contributed by atoms with Crippen molar-refractivity contribution in [3.63, 3.8) is 0 Å². The topological polar surface area (TPSA) is 53.7 Å². The van der Waals surface area contributed by atoms with Gasteiger partial charge < -0.3 is 19.9 Å². The summed E-state index contributed by atoms with van der Waals surface area (Å²) in [4.78, 5) is 0. The first-order valence-corrected chi connectivity index (χ1v) is 6.30. The predicted octanol–water partition coefficient (Wildman–Crippen LogP) is 2.76. The first-order valence-electron chi connectivity index (χ1n) is 6.30. The standard InChI is InChI=1S/C16H19NO3/c1-18-13-6-4-5-11(7-13)16(17)12-8-14(19-2)10-15(9-12)20-3/h4-10,16H,17H2,1-3H3. The zero-order valence-corrected chi connectivity index (χ0v) is 11.9. The van der Waals surface area contributed by atoms with E-state index < -0.39 is 0 Å². The molecule has 0 spiro atoms. The number of hydrogen-bond donors (Lipinski definition) is 1. The number of benzene rings is 2. The molecule has 2 rings (SSSR count). The number of methoxy groups -OCH3 is 3. The van der Waals surface area contributed by atoms with Gasteiger partial charge in [0.1, 0.15) is 17.2 Å². The lowest BCUT2D eigenvalue weighted by Crippen LogP contribution is -2.12. The van der Waals surface area contributed by atoms with E-state index in [9.17, 15) is 0 Å². The highest BCUT2D eigenvalue weighted by atomic mass is 16.5. The smallest absolute Gasteiger partial charge is 0.122 e. The monoisotopic (exact) mass is 273 g/mol. The third kappa shape index (κ3) is 3.03. The fourth-order valence-electron chi connectivity index (χ4n) is 2.04. The lowest BCUT2D eigenvalue weighted by atomic mass is 9.99. The van der Waals surface area contributed by atoms with Gasteiger partial charge in [0.05, 0.1) is 27.4 Å². The zero-order chi connectivity index (χ0) is 14.5. The summed E-state index contributed by atoms with van der Waals surface area (Å²) in [5, 5.41) is 0. The lowest BCUT2D eigenvalue weighted by Gasteiger charge is -2.16. The maximum atomic E-state index is 6.32. The van der Waals surface area contributed by atoms with E-state index in [0.29, 0.717) is 0 Å². The van der Waals surface area contributed by atoms with Gasteiger partial charge in [-0.3, -0.25) is 0 Å². The number of rotatable bonds is 5. The molecule has 0 amide bonds. The Morgan fingerprint density at radius 2 is 1.30 bits per heavy atom. The van der Waals surface area contributed by atoms with E-state index in [0.717, 1.165) is 28.4 Å². The minimum atomic E-state index is -0.269. The van der Waals surface area contributed by atoms with Crippen LogP contribution in [0.25, 0.3) is 0 Å². The molecule has 0 bridgehead atoms. The quantitative estimate of drug-likeness (QED) is 0.910. The molecule has 0 aliphatic heterocycles. The van der Waals surface area contributed by atoms with Crippen LogP contribution in [0.1, 0.15) is 17.2 Å². The number of hydrogen-bond acceptors (Lipinski definition) is 4. The molecule has 1 atom stereocenters. The summed E-state index contributed by atoms with van der Waals surface area (Å²) in [6.45, 7) is 0. The molecule has 0 saturated carbocycles. The van der Waals surface area contributed by atoms with E-state index in [-0.39, 0.29) is 6.04 Å². The summed E-state index contributed by atoms with van der Waals surface area (Å²) in [7, 11) is 4.88. The van der Waals surface area contributed by atoms with Crippen LogP contribution in [-0.4, -0.2) is 21.3 Å². The Hall–Kier alpha value is -2.20. The Balaban J connectivity index is 2.38. The van der Waals surface area contributed by atoms with Crippen molar-refractivity contribution in [1.29, 1.82) is 0 Å². The van der Waals surface area contributed by atoms with Crippen LogP contribution in [0.3, 0.4) is 0 Å². The summed E-state index contributed by atoms with van der Waals surface area (Å²) >= 11 is 0. The molecule has 106 valence electrons. The molecular weight excluding hydrogens is 254 g/mol. The van der Waals surface area contributed by atoms with E-state index in [4.69, 9.17) is 19.9 Å². The van der Waals surface area contributed by atoms with E-state index in [2.05, 4.69) is 0 Å². The Kier molecular flexibility index (Phi) is 4.48. The van der Waals surface area contributed by atoms with Crippen LogP contribution < -0.4 is 19.9 Å². The van der Waals surface area contributed by atoms with Crippen molar-refractivity contribution in [1.82, 2.24) is 0 Å². The molecule has 20 heavy (non-hydrogen) atoms. The van der Waals surface area contributed by atoms with Crippen molar-refractivity contribution >= 4 is 0 Å². The summed E-state index contributed by atoms with van der Waals surface area (Å²) in [5.41, 5.74) is 8.22. The Morgan fingerprint density at radius 1 is 0.750 bits per heavy atom. The van der Waals surface area contributed by atoms with Crippen molar-refractivity contribution in [2.24, 2.45) is 5.73 Å². The summed E-state index contributed by atoms with van der Waals surface area (Å²) in [5.74, 6) is 2.23. The van der Waals surface area contributed by atoms with Crippen LogP contribution in [0.2, 0.25) is 0 Å². The van der Waals surface area contributed by atoms with Gasteiger partial charge in [-0.05, 0) is 35.4 Å². The van der Waals surface area contributed by atoms with Gasteiger partial charge in [0, 0.05) is 6.07 Å². The normalized spacial score (nSPS) is 11.8. The van der Waals surface area contributed by atoms with Crippen molar-refractivity contribution in [3.8, 4) is 17.2 Å². The summed E-state index contributed by atoms with van der Waals surface area (Å²) < 4.78 is 15.8. The Morgan fingerprint density at radius 3 is 1.85 bits per heavy atom. The molecule has 0 aliphatic carbocycles.